The topological polar surface area (TPSA) is 93.1 Å². The molecule has 1 aromatic carbocycles. The predicted molar refractivity (Wildman–Crippen MR) is 112 cm³/mol. The monoisotopic (exact) mass is 407 g/mol. The lowest BCUT2D eigenvalue weighted by Crippen LogP contribution is -2.37. The number of aryl methyl sites for hydroxylation is 1. The molecule has 0 aliphatic carbocycles. The zero-order valence-corrected chi connectivity index (χ0v) is 17.1. The van der Waals surface area contributed by atoms with Crippen molar-refractivity contribution in [1.29, 1.82) is 0 Å². The molecule has 0 bridgehead atoms. The van der Waals surface area contributed by atoms with Crippen LogP contribution in [0.1, 0.15) is 40.9 Å². The number of hydrogen-bond donors (Lipinski definition) is 1. The number of imidazole rings is 1. The molecule has 0 spiro atoms. The lowest BCUT2D eigenvalue weighted by Gasteiger charge is -2.27. The van der Waals surface area contributed by atoms with E-state index >= 15 is 0 Å². The van der Waals surface area contributed by atoms with Crippen LogP contribution in [0.5, 0.6) is 0 Å². The fourth-order valence-electron chi connectivity index (χ4n) is 3.85. The van der Waals surface area contributed by atoms with Crippen molar-refractivity contribution >= 4 is 22.9 Å². The molecule has 30 heavy (non-hydrogen) atoms. The molecule has 0 radical (unpaired) electrons. The number of nitrogens with zero attached hydrogens (tertiary/aromatic N) is 4. The van der Waals surface area contributed by atoms with Crippen LogP contribution < -0.4 is 0 Å². The first-order chi connectivity index (χ1) is 14.6. The summed E-state index contributed by atoms with van der Waals surface area (Å²) in [5.41, 5.74) is 3.91. The molecule has 2 aromatic heterocycles. The quantitative estimate of drug-likeness (QED) is 0.480. The summed E-state index contributed by atoms with van der Waals surface area (Å²) in [6.07, 6.45) is 3.28. The summed E-state index contributed by atoms with van der Waals surface area (Å²) in [6, 6.07) is 7.81. The van der Waals surface area contributed by atoms with E-state index in [1.807, 2.05) is 24.3 Å². The van der Waals surface area contributed by atoms with Gasteiger partial charge in [0.15, 0.2) is 5.69 Å². The maximum Gasteiger partial charge on any atom is 0.359 e. The highest BCUT2D eigenvalue weighted by molar-refractivity contribution is 5.89. The van der Waals surface area contributed by atoms with Crippen molar-refractivity contribution in [1.82, 2.24) is 24.6 Å². The van der Waals surface area contributed by atoms with Gasteiger partial charge in [0, 0.05) is 43.6 Å². The molecule has 1 aliphatic heterocycles. The summed E-state index contributed by atoms with van der Waals surface area (Å²) in [5.74, 6) is 0.383. The Balaban J connectivity index is 1.47. The van der Waals surface area contributed by atoms with Gasteiger partial charge in [0.05, 0.1) is 24.2 Å². The van der Waals surface area contributed by atoms with Crippen LogP contribution in [0.15, 0.2) is 36.9 Å². The van der Waals surface area contributed by atoms with Crippen LogP contribution in [-0.4, -0.2) is 49.7 Å². The molecule has 0 fully saturated rings. The minimum atomic E-state index is -0.451. The fraction of sp³-hybridized carbons (Fsp3) is 0.364. The summed E-state index contributed by atoms with van der Waals surface area (Å²) in [4.78, 5) is 34.8. The first kappa shape index (κ1) is 19.9. The van der Waals surface area contributed by atoms with E-state index in [0.717, 1.165) is 28.1 Å². The number of esters is 1. The highest BCUT2D eigenvalue weighted by atomic mass is 16.5. The molecule has 156 valence electrons. The van der Waals surface area contributed by atoms with Gasteiger partial charge in [0.1, 0.15) is 5.82 Å². The largest absolute Gasteiger partial charge is 0.461 e. The van der Waals surface area contributed by atoms with Gasteiger partial charge in [0.2, 0.25) is 5.91 Å². The number of H-pyrrole nitrogens is 1. The molecule has 3 aromatic rings. The Hall–Kier alpha value is -3.42. The molecule has 1 N–H and O–H groups in total. The molecule has 1 aliphatic rings. The number of aromatic amines is 1. The average molecular weight is 407 g/mol. The maximum atomic E-state index is 12.9. The molecule has 8 heteroatoms. The van der Waals surface area contributed by atoms with Gasteiger partial charge in [-0.05, 0) is 19.1 Å². The second kappa shape index (κ2) is 8.52. The van der Waals surface area contributed by atoms with Crippen LogP contribution in [0.4, 0.5) is 0 Å². The lowest BCUT2D eigenvalue weighted by atomic mass is 10.0. The van der Waals surface area contributed by atoms with Crippen molar-refractivity contribution in [3.8, 4) is 0 Å². The van der Waals surface area contributed by atoms with E-state index in [2.05, 4.69) is 21.6 Å². The average Bonchev–Trinajstić information content (AvgIpc) is 3.33. The van der Waals surface area contributed by atoms with Gasteiger partial charge in [-0.2, -0.15) is 5.10 Å². The number of rotatable bonds is 7. The van der Waals surface area contributed by atoms with Gasteiger partial charge in [-0.1, -0.05) is 18.2 Å². The number of benzene rings is 1. The van der Waals surface area contributed by atoms with E-state index < -0.39 is 5.97 Å². The molecule has 0 unspecified atom stereocenters. The second-order valence-corrected chi connectivity index (χ2v) is 7.23. The minimum Gasteiger partial charge on any atom is -0.461 e. The zero-order valence-electron chi connectivity index (χ0n) is 17.1. The Morgan fingerprint density at radius 2 is 2.17 bits per heavy atom. The van der Waals surface area contributed by atoms with E-state index in [-0.39, 0.29) is 12.5 Å². The standard InChI is InChI=1S/C22H25N5O3/c1-3-12-27-18-11-13-26(14-15(18)21(25-27)22(29)30-4-2)20(28)10-9-19-23-16-7-5-6-8-17(16)24-19/h3,5-8H,1,4,9-14H2,2H3,(H,23,24). The molecule has 0 saturated carbocycles. The van der Waals surface area contributed by atoms with Crippen LogP contribution in [-0.2, 0) is 35.5 Å². The fourth-order valence-corrected chi connectivity index (χ4v) is 3.85. The lowest BCUT2D eigenvalue weighted by molar-refractivity contribution is -0.132. The summed E-state index contributed by atoms with van der Waals surface area (Å²) in [5, 5.41) is 4.43. The van der Waals surface area contributed by atoms with Crippen LogP contribution in [0, 0.1) is 0 Å². The Labute approximate surface area is 174 Å². The number of aromatic nitrogens is 4. The van der Waals surface area contributed by atoms with Crippen molar-refractivity contribution < 1.29 is 14.3 Å². The van der Waals surface area contributed by atoms with E-state index in [1.54, 1.807) is 22.6 Å². The van der Waals surface area contributed by atoms with E-state index in [9.17, 15) is 9.59 Å². The van der Waals surface area contributed by atoms with Gasteiger partial charge >= 0.3 is 5.97 Å². The van der Waals surface area contributed by atoms with Gasteiger partial charge < -0.3 is 14.6 Å². The van der Waals surface area contributed by atoms with Crippen molar-refractivity contribution in [2.24, 2.45) is 0 Å². The van der Waals surface area contributed by atoms with Crippen molar-refractivity contribution in [3.63, 3.8) is 0 Å². The molecular weight excluding hydrogens is 382 g/mol. The Morgan fingerprint density at radius 3 is 2.93 bits per heavy atom. The van der Waals surface area contributed by atoms with Crippen LogP contribution in [0.2, 0.25) is 0 Å². The number of allylic oxidation sites excluding steroid dienone is 1. The number of carbonyl (C=O) groups is 2. The van der Waals surface area contributed by atoms with Gasteiger partial charge in [-0.15, -0.1) is 6.58 Å². The molecule has 3 heterocycles. The number of fused-ring (bicyclic) bond motifs is 2. The molecule has 8 nitrogen and oxygen atoms in total. The summed E-state index contributed by atoms with van der Waals surface area (Å²) >= 11 is 0. The highest BCUT2D eigenvalue weighted by Crippen LogP contribution is 2.24. The molecule has 0 saturated heterocycles. The number of hydrogen-bond acceptors (Lipinski definition) is 5. The number of ether oxygens (including phenoxy) is 1. The van der Waals surface area contributed by atoms with Crippen molar-refractivity contribution in [2.45, 2.75) is 39.3 Å². The number of para-hydroxylation sites is 2. The highest BCUT2D eigenvalue weighted by Gasteiger charge is 2.30. The van der Waals surface area contributed by atoms with E-state index in [0.29, 0.717) is 44.6 Å². The Morgan fingerprint density at radius 1 is 1.33 bits per heavy atom. The van der Waals surface area contributed by atoms with Crippen molar-refractivity contribution in [2.75, 3.05) is 13.2 Å². The van der Waals surface area contributed by atoms with Crippen LogP contribution >= 0.6 is 0 Å². The third-order valence-electron chi connectivity index (χ3n) is 5.27. The SMILES string of the molecule is C=CCn1nc(C(=O)OCC)c2c1CCN(C(=O)CCc1nc3ccccc3[nH]1)C2. The van der Waals surface area contributed by atoms with E-state index in [1.165, 1.54) is 0 Å². The summed E-state index contributed by atoms with van der Waals surface area (Å²) < 4.78 is 6.94. The van der Waals surface area contributed by atoms with Crippen LogP contribution in [0.25, 0.3) is 11.0 Å². The number of carbonyl (C=O) groups excluding carboxylic acids is 2. The second-order valence-electron chi connectivity index (χ2n) is 7.23. The maximum absolute atomic E-state index is 12.9. The molecular formula is C22H25N5O3. The third kappa shape index (κ3) is 3.85. The summed E-state index contributed by atoms with van der Waals surface area (Å²) in [6.45, 7) is 7.27. The first-order valence-corrected chi connectivity index (χ1v) is 10.2. The van der Waals surface area contributed by atoms with Gasteiger partial charge in [0.25, 0.3) is 0 Å². The smallest absolute Gasteiger partial charge is 0.359 e. The van der Waals surface area contributed by atoms with Gasteiger partial charge in [-0.25, -0.2) is 9.78 Å². The number of amides is 1. The predicted octanol–water partition coefficient (Wildman–Crippen LogP) is 2.64. The molecule has 0 atom stereocenters. The van der Waals surface area contributed by atoms with Crippen molar-refractivity contribution in [3.05, 3.63) is 59.7 Å². The van der Waals surface area contributed by atoms with E-state index in [4.69, 9.17) is 4.74 Å². The van der Waals surface area contributed by atoms with Gasteiger partial charge in [-0.3, -0.25) is 9.48 Å². The summed E-state index contributed by atoms with van der Waals surface area (Å²) in [7, 11) is 0. The van der Waals surface area contributed by atoms with Crippen LogP contribution in [0.3, 0.4) is 0 Å². The number of nitrogens with one attached hydrogen (secondary N) is 1. The zero-order chi connectivity index (χ0) is 21.1. The molecule has 1 amide bonds. The molecule has 4 rings (SSSR count). The Bertz CT molecular complexity index is 1060. The Kier molecular flexibility index (Phi) is 5.65. The third-order valence-corrected chi connectivity index (χ3v) is 5.27. The minimum absolute atomic E-state index is 0.0346. The normalized spacial score (nSPS) is 13.3. The first-order valence-electron chi connectivity index (χ1n) is 10.2.